The second-order valence-electron chi connectivity index (χ2n) is 15.9. The van der Waals surface area contributed by atoms with Gasteiger partial charge >= 0.3 is 0 Å². The number of carbonyl (C=O) groups is 1. The molecule has 3 aliphatic heterocycles. The van der Waals surface area contributed by atoms with Crippen molar-refractivity contribution in [2.45, 2.75) is 74.7 Å². The molecule has 1 saturated carbocycles. The van der Waals surface area contributed by atoms with Crippen molar-refractivity contribution >= 4 is 33.2 Å². The van der Waals surface area contributed by atoms with E-state index in [0.717, 1.165) is 62.4 Å². The van der Waals surface area contributed by atoms with Gasteiger partial charge in [0.15, 0.2) is 0 Å². The smallest absolute Gasteiger partial charge is 0.264 e. The highest BCUT2D eigenvalue weighted by Crippen LogP contribution is 2.49. The van der Waals surface area contributed by atoms with Gasteiger partial charge in [0.1, 0.15) is 11.4 Å². The van der Waals surface area contributed by atoms with E-state index in [-0.39, 0.29) is 23.4 Å². The van der Waals surface area contributed by atoms with Crippen LogP contribution in [0.5, 0.6) is 5.75 Å². The summed E-state index contributed by atoms with van der Waals surface area (Å²) in [6, 6.07) is 11.6. The molecule has 2 bridgehead atoms. The lowest BCUT2D eigenvalue weighted by molar-refractivity contribution is -0.118. The third kappa shape index (κ3) is 7.38. The highest BCUT2D eigenvalue weighted by atomic mass is 35.5. The summed E-state index contributed by atoms with van der Waals surface area (Å²) in [5.74, 6) is 0.356. The molecule has 2 aliphatic carbocycles. The zero-order chi connectivity index (χ0) is 36.7. The number of hydrogen-bond acceptors (Lipinski definition) is 9. The second-order valence-corrected chi connectivity index (χ2v) is 18.3. The monoisotopic (exact) mass is 755 g/mol. The number of hydrogen-bond donors (Lipinski definition) is 1. The van der Waals surface area contributed by atoms with Crippen LogP contribution in [0.1, 0.15) is 67.4 Å². The van der Waals surface area contributed by atoms with Crippen molar-refractivity contribution in [3.05, 3.63) is 70.3 Å². The number of aryl methyl sites for hydroxylation is 1. The quantitative estimate of drug-likeness (QED) is 0.390. The van der Waals surface area contributed by atoms with E-state index < -0.39 is 26.8 Å². The topological polar surface area (TPSA) is 107 Å². The maximum atomic E-state index is 13.6. The van der Waals surface area contributed by atoms with E-state index in [1.165, 1.54) is 11.1 Å². The Balaban J connectivity index is 1.30. The molecular formula is C40H54ClN3O7S. The molecule has 0 radical (unpaired) electrons. The summed E-state index contributed by atoms with van der Waals surface area (Å²) in [5.41, 5.74) is 2.77. The summed E-state index contributed by atoms with van der Waals surface area (Å²) in [7, 11) is -0.446. The van der Waals surface area contributed by atoms with Gasteiger partial charge in [0.25, 0.3) is 5.91 Å². The molecule has 7 rings (SSSR count). The highest BCUT2D eigenvalue weighted by molar-refractivity contribution is 7.90. The largest absolute Gasteiger partial charge is 0.490 e. The Morgan fingerprint density at radius 2 is 1.94 bits per heavy atom. The average Bonchev–Trinajstić information content (AvgIpc) is 3.26. The molecule has 2 aromatic rings. The van der Waals surface area contributed by atoms with E-state index in [4.69, 9.17) is 30.5 Å². The van der Waals surface area contributed by atoms with Crippen molar-refractivity contribution in [2.24, 2.45) is 17.8 Å². The van der Waals surface area contributed by atoms with Crippen LogP contribution in [0, 0.1) is 17.8 Å². The zero-order valence-electron chi connectivity index (χ0n) is 30.9. The molecule has 1 N–H and O–H groups in total. The number of ether oxygens (including phenoxy) is 4. The van der Waals surface area contributed by atoms with Gasteiger partial charge in [-0.3, -0.25) is 9.69 Å². The number of nitrogens with one attached hydrogen (secondary N) is 1. The molecule has 7 atom stereocenters. The number of rotatable bonds is 5. The number of methoxy groups -OCH3 is 2. The lowest BCUT2D eigenvalue weighted by atomic mass is 9.63. The van der Waals surface area contributed by atoms with Crippen molar-refractivity contribution in [1.82, 2.24) is 9.62 Å². The fourth-order valence-electron chi connectivity index (χ4n) is 9.37. The number of benzene rings is 2. The number of carbonyl (C=O) groups excluding carboxylic acids is 1. The second kappa shape index (κ2) is 15.2. The van der Waals surface area contributed by atoms with Gasteiger partial charge in [-0.2, -0.15) is 0 Å². The van der Waals surface area contributed by atoms with E-state index in [2.05, 4.69) is 38.8 Å². The Hall–Kier alpha value is -2.67. The van der Waals surface area contributed by atoms with E-state index in [1.807, 2.05) is 32.2 Å². The van der Waals surface area contributed by atoms with Gasteiger partial charge in [0, 0.05) is 62.9 Å². The molecule has 0 unspecified atom stereocenters. The maximum absolute atomic E-state index is 13.6. The number of morpholine rings is 1. The number of anilines is 1. The van der Waals surface area contributed by atoms with Crippen LogP contribution in [0.25, 0.3) is 0 Å². The summed E-state index contributed by atoms with van der Waals surface area (Å²) in [6.45, 7) is 8.96. The minimum Gasteiger partial charge on any atom is -0.490 e. The molecule has 3 heterocycles. The molecule has 12 heteroatoms. The van der Waals surface area contributed by atoms with Crippen LogP contribution in [0.4, 0.5) is 5.69 Å². The molecule has 2 aromatic carbocycles. The molecular weight excluding hydrogens is 702 g/mol. The average molecular weight is 756 g/mol. The van der Waals surface area contributed by atoms with Gasteiger partial charge in [0.05, 0.1) is 36.9 Å². The van der Waals surface area contributed by atoms with Gasteiger partial charge in [-0.1, -0.05) is 36.7 Å². The van der Waals surface area contributed by atoms with E-state index in [9.17, 15) is 13.2 Å². The Labute approximate surface area is 314 Å². The molecule has 10 nitrogen and oxygen atoms in total. The summed E-state index contributed by atoms with van der Waals surface area (Å²) >= 11 is 6.49. The third-order valence-electron chi connectivity index (χ3n) is 12.7. The number of nitrogens with zero attached hydrogens (tertiary/aromatic N) is 2. The van der Waals surface area contributed by atoms with Crippen molar-refractivity contribution in [2.75, 3.05) is 71.7 Å². The maximum Gasteiger partial charge on any atom is 0.264 e. The number of allylic oxidation sites excluding steroid dienone is 1. The molecule has 1 saturated heterocycles. The molecule has 52 heavy (non-hydrogen) atoms. The first-order valence-electron chi connectivity index (χ1n) is 18.9. The van der Waals surface area contributed by atoms with Gasteiger partial charge in [-0.05, 0) is 105 Å². The number of sulfonamides is 1. The Morgan fingerprint density at radius 3 is 2.71 bits per heavy atom. The predicted molar refractivity (Wildman–Crippen MR) is 203 cm³/mol. The van der Waals surface area contributed by atoms with Crippen molar-refractivity contribution in [3.8, 4) is 5.75 Å². The molecule has 1 amide bonds. The zero-order valence-corrected chi connectivity index (χ0v) is 32.5. The standard InChI is InChI=1S/C40H54ClN3O7S/c1-27-7-5-16-40(49-4,25-43-17-18-50-33(22-43)23-48-3)35-12-9-31(35)21-44-24-39(15-6-8-29-19-32(41)11-13-34(29)39)26-51-37-14-10-30(20-36(37)44)38(45)42-52(46,47)28(27)2/h5,10-11,13-14,16,19-20,27-28,31,33,35H,6-9,12,15,17-18,21-26H2,1-4H3,(H,42,45)/b16-5-/t27-,28+,31-,33+,35+,39-,40+/m0/s1. The number of halogens is 1. The molecule has 2 fully saturated rings. The Kier molecular flexibility index (Phi) is 11.0. The van der Waals surface area contributed by atoms with Crippen LogP contribution >= 0.6 is 11.6 Å². The van der Waals surface area contributed by atoms with Crippen LogP contribution < -0.4 is 14.4 Å². The van der Waals surface area contributed by atoms with Crippen molar-refractivity contribution in [1.29, 1.82) is 0 Å². The third-order valence-corrected chi connectivity index (χ3v) is 14.8. The Bertz CT molecular complexity index is 1770. The number of amides is 1. The lowest BCUT2D eigenvalue weighted by Crippen LogP contribution is -2.59. The van der Waals surface area contributed by atoms with Gasteiger partial charge in [-0.15, -0.1) is 0 Å². The van der Waals surface area contributed by atoms with Crippen molar-refractivity contribution < 1.29 is 32.2 Å². The van der Waals surface area contributed by atoms with Crippen LogP contribution in [-0.2, 0) is 36.1 Å². The predicted octanol–water partition coefficient (Wildman–Crippen LogP) is 5.62. The first-order valence-corrected chi connectivity index (χ1v) is 20.8. The molecule has 1 spiro atoms. The first-order chi connectivity index (χ1) is 25.0. The van der Waals surface area contributed by atoms with Crippen LogP contribution in [-0.4, -0.2) is 103 Å². The minimum atomic E-state index is -3.97. The lowest BCUT2D eigenvalue weighted by Gasteiger charge is -2.52. The van der Waals surface area contributed by atoms with E-state index in [1.54, 1.807) is 20.1 Å². The fraction of sp³-hybridized carbons (Fsp3) is 0.625. The van der Waals surface area contributed by atoms with Gasteiger partial charge < -0.3 is 23.8 Å². The van der Waals surface area contributed by atoms with Crippen molar-refractivity contribution in [3.63, 3.8) is 0 Å². The van der Waals surface area contributed by atoms with E-state index >= 15 is 0 Å². The van der Waals surface area contributed by atoms with Gasteiger partial charge in [0.2, 0.25) is 10.0 Å². The molecule has 284 valence electrons. The summed E-state index contributed by atoms with van der Waals surface area (Å²) in [6.07, 6.45) is 9.87. The minimum absolute atomic E-state index is 0.00598. The molecule has 0 aromatic heterocycles. The van der Waals surface area contributed by atoms with E-state index in [0.29, 0.717) is 56.6 Å². The Morgan fingerprint density at radius 1 is 1.10 bits per heavy atom. The summed E-state index contributed by atoms with van der Waals surface area (Å²) in [4.78, 5) is 18.5. The normalized spacial score (nSPS) is 34.2. The SMILES string of the molecule is COC[C@H]1CN(C[C@]2(OC)/C=C\C[C@H](C)[C@@H](C)S(=O)(=O)NC(=O)c3ccc4c(c3)N(C[C@@H]3CC[C@H]32)C[C@@]2(CCCc3cc(Cl)ccc32)CO4)CCO1. The van der Waals surface area contributed by atoms with Gasteiger partial charge in [-0.25, -0.2) is 13.1 Å². The highest BCUT2D eigenvalue weighted by Gasteiger charge is 2.50. The van der Waals surface area contributed by atoms with Crippen LogP contribution in [0.2, 0.25) is 5.02 Å². The molecule has 5 aliphatic rings. The fourth-order valence-corrected chi connectivity index (χ4v) is 10.8. The summed E-state index contributed by atoms with van der Waals surface area (Å²) < 4.78 is 54.4. The first kappa shape index (κ1) is 37.6. The van der Waals surface area contributed by atoms with Crippen LogP contribution in [0.15, 0.2) is 48.6 Å². The van der Waals surface area contributed by atoms with Crippen LogP contribution in [0.3, 0.4) is 0 Å². The summed E-state index contributed by atoms with van der Waals surface area (Å²) in [5, 5.41) is -0.0557. The number of fused-ring (bicyclic) bond motifs is 4.